The predicted molar refractivity (Wildman–Crippen MR) is 92.3 cm³/mol. The second-order valence-corrected chi connectivity index (χ2v) is 5.76. The van der Waals surface area contributed by atoms with E-state index in [1.807, 2.05) is 31.2 Å². The molecule has 4 nitrogen and oxygen atoms in total. The summed E-state index contributed by atoms with van der Waals surface area (Å²) >= 11 is 0. The lowest BCUT2D eigenvalue weighted by molar-refractivity contribution is -0.121. The van der Waals surface area contributed by atoms with E-state index in [1.165, 1.54) is 13.0 Å². The van der Waals surface area contributed by atoms with Crippen LogP contribution in [0.25, 0.3) is 0 Å². The van der Waals surface area contributed by atoms with Crippen LogP contribution in [0.5, 0.6) is 0 Å². The number of nitrogens with zero attached hydrogens (tertiary/aromatic N) is 1. The minimum Gasteiger partial charge on any atom is -0.354 e. The maximum absolute atomic E-state index is 13.9. The van der Waals surface area contributed by atoms with Crippen LogP contribution in [0.1, 0.15) is 18.1 Å². The van der Waals surface area contributed by atoms with E-state index < -0.39 is 23.2 Å². The average Bonchev–Trinajstić information content (AvgIpc) is 2.52. The Morgan fingerprint density at radius 1 is 1.08 bits per heavy atom. The lowest BCUT2D eigenvalue weighted by Gasteiger charge is -2.22. The number of halogens is 2. The summed E-state index contributed by atoms with van der Waals surface area (Å²) in [7, 11) is 0. The Balaban J connectivity index is 1.96. The predicted octanol–water partition coefficient (Wildman–Crippen LogP) is 2.99. The van der Waals surface area contributed by atoms with E-state index in [2.05, 4.69) is 5.32 Å². The average molecular weight is 346 g/mol. The first-order chi connectivity index (χ1) is 11.9. The van der Waals surface area contributed by atoms with Gasteiger partial charge in [-0.2, -0.15) is 0 Å². The maximum atomic E-state index is 13.9. The Morgan fingerprint density at radius 2 is 1.72 bits per heavy atom. The van der Waals surface area contributed by atoms with E-state index >= 15 is 0 Å². The zero-order chi connectivity index (χ0) is 18.4. The van der Waals surface area contributed by atoms with E-state index in [1.54, 1.807) is 0 Å². The minimum atomic E-state index is -0.818. The molecule has 2 aromatic carbocycles. The molecule has 0 fully saturated rings. The van der Waals surface area contributed by atoms with Crippen molar-refractivity contribution in [3.05, 3.63) is 65.2 Å². The van der Waals surface area contributed by atoms with Crippen molar-refractivity contribution < 1.29 is 18.4 Å². The second-order valence-electron chi connectivity index (χ2n) is 5.76. The van der Waals surface area contributed by atoms with Crippen LogP contribution in [0.3, 0.4) is 0 Å². The van der Waals surface area contributed by atoms with Crippen molar-refractivity contribution in [1.82, 2.24) is 5.32 Å². The van der Waals surface area contributed by atoms with E-state index in [0.29, 0.717) is 0 Å². The number of aryl methyl sites for hydroxylation is 1. The van der Waals surface area contributed by atoms with Gasteiger partial charge in [-0.15, -0.1) is 0 Å². The highest BCUT2D eigenvalue weighted by molar-refractivity contribution is 5.91. The Bertz CT molecular complexity index is 758. The molecular formula is C19H20F2N2O2. The molecule has 0 saturated carbocycles. The summed E-state index contributed by atoms with van der Waals surface area (Å²) in [5.41, 5.74) is 1.53. The van der Waals surface area contributed by atoms with Gasteiger partial charge in [-0.3, -0.25) is 9.59 Å². The summed E-state index contributed by atoms with van der Waals surface area (Å²) in [6.07, 6.45) is 0.204. The molecule has 0 saturated heterocycles. The van der Waals surface area contributed by atoms with Crippen molar-refractivity contribution in [2.24, 2.45) is 0 Å². The molecule has 0 aromatic heterocycles. The maximum Gasteiger partial charge on any atom is 0.224 e. The quantitative estimate of drug-likeness (QED) is 0.874. The van der Waals surface area contributed by atoms with E-state index in [-0.39, 0.29) is 25.4 Å². The summed E-state index contributed by atoms with van der Waals surface area (Å²) in [4.78, 5) is 24.7. The molecule has 0 aliphatic rings. The highest BCUT2D eigenvalue weighted by Gasteiger charge is 2.19. The Hall–Kier alpha value is -2.76. The fourth-order valence-electron chi connectivity index (χ4n) is 2.55. The molecule has 0 atom stereocenters. The normalized spacial score (nSPS) is 10.4. The lowest BCUT2D eigenvalue weighted by Crippen LogP contribution is -2.38. The molecule has 0 radical (unpaired) electrons. The number of benzene rings is 2. The van der Waals surface area contributed by atoms with Crippen LogP contribution in [0.15, 0.2) is 42.5 Å². The van der Waals surface area contributed by atoms with Gasteiger partial charge in [-0.05, 0) is 24.6 Å². The van der Waals surface area contributed by atoms with Gasteiger partial charge in [0.25, 0.3) is 0 Å². The number of carbonyl (C=O) groups excluding carboxylic acids is 2. The first kappa shape index (κ1) is 18.6. The molecule has 2 amide bonds. The van der Waals surface area contributed by atoms with Crippen LogP contribution in [-0.2, 0) is 16.0 Å². The summed E-state index contributed by atoms with van der Waals surface area (Å²) in [5.74, 6) is -2.36. The molecule has 6 heteroatoms. The molecule has 0 aliphatic carbocycles. The molecular weight excluding hydrogens is 326 g/mol. The topological polar surface area (TPSA) is 49.4 Å². The molecule has 2 aromatic rings. The zero-order valence-electron chi connectivity index (χ0n) is 14.2. The van der Waals surface area contributed by atoms with Crippen molar-refractivity contribution in [2.45, 2.75) is 20.3 Å². The van der Waals surface area contributed by atoms with Gasteiger partial charge in [0.1, 0.15) is 17.3 Å². The van der Waals surface area contributed by atoms with Gasteiger partial charge in [0.05, 0.1) is 6.42 Å². The molecule has 0 aliphatic heterocycles. The highest BCUT2D eigenvalue weighted by Crippen LogP contribution is 2.23. The molecule has 25 heavy (non-hydrogen) atoms. The van der Waals surface area contributed by atoms with E-state index in [4.69, 9.17) is 0 Å². The molecule has 132 valence electrons. The van der Waals surface area contributed by atoms with Gasteiger partial charge in [0.15, 0.2) is 0 Å². The second kappa shape index (κ2) is 8.37. The Kier molecular flexibility index (Phi) is 6.22. The van der Waals surface area contributed by atoms with Gasteiger partial charge in [-0.25, -0.2) is 8.78 Å². The van der Waals surface area contributed by atoms with Gasteiger partial charge >= 0.3 is 0 Å². The van der Waals surface area contributed by atoms with E-state index in [9.17, 15) is 18.4 Å². The number of carbonyl (C=O) groups is 2. The third kappa shape index (κ3) is 5.11. The van der Waals surface area contributed by atoms with Crippen molar-refractivity contribution in [3.63, 3.8) is 0 Å². The summed E-state index contributed by atoms with van der Waals surface area (Å²) in [5, 5.41) is 2.67. The standard InChI is InChI=1S/C19H20F2N2O2/c1-13-5-3-6-15(11-13)12-18(25)22-9-10-23(14(2)24)19-16(20)7-4-8-17(19)21/h3-8,11H,9-10,12H2,1-2H3,(H,22,25). The van der Waals surface area contributed by atoms with Crippen LogP contribution >= 0.6 is 0 Å². The molecule has 0 spiro atoms. The molecule has 0 unspecified atom stereocenters. The number of anilines is 1. The van der Waals surface area contributed by atoms with Crippen molar-refractivity contribution in [1.29, 1.82) is 0 Å². The van der Waals surface area contributed by atoms with Crippen LogP contribution in [0.4, 0.5) is 14.5 Å². The van der Waals surface area contributed by atoms with Gasteiger partial charge in [-0.1, -0.05) is 35.9 Å². The third-order valence-corrected chi connectivity index (χ3v) is 3.69. The van der Waals surface area contributed by atoms with E-state index in [0.717, 1.165) is 28.2 Å². The smallest absolute Gasteiger partial charge is 0.224 e. The monoisotopic (exact) mass is 346 g/mol. The highest BCUT2D eigenvalue weighted by atomic mass is 19.1. The van der Waals surface area contributed by atoms with Crippen LogP contribution in [0.2, 0.25) is 0 Å². The van der Waals surface area contributed by atoms with Crippen molar-refractivity contribution >= 4 is 17.5 Å². The summed E-state index contributed by atoms with van der Waals surface area (Å²) in [6.45, 7) is 3.24. The zero-order valence-corrected chi connectivity index (χ0v) is 14.2. The number of nitrogens with one attached hydrogen (secondary N) is 1. The molecule has 0 bridgehead atoms. The molecule has 0 heterocycles. The minimum absolute atomic E-state index is 0.0211. The van der Waals surface area contributed by atoms with Crippen molar-refractivity contribution in [2.75, 3.05) is 18.0 Å². The number of hydrogen-bond acceptors (Lipinski definition) is 2. The van der Waals surface area contributed by atoms with Gasteiger partial charge in [0.2, 0.25) is 11.8 Å². The lowest BCUT2D eigenvalue weighted by atomic mass is 10.1. The first-order valence-electron chi connectivity index (χ1n) is 7.93. The first-order valence-corrected chi connectivity index (χ1v) is 7.93. The van der Waals surface area contributed by atoms with Crippen LogP contribution in [0, 0.1) is 18.6 Å². The Morgan fingerprint density at radius 3 is 2.32 bits per heavy atom. The summed E-state index contributed by atoms with van der Waals surface area (Å²) in [6, 6.07) is 11.0. The third-order valence-electron chi connectivity index (χ3n) is 3.69. The van der Waals surface area contributed by atoms with Gasteiger partial charge < -0.3 is 10.2 Å². The van der Waals surface area contributed by atoms with Crippen molar-refractivity contribution in [3.8, 4) is 0 Å². The SMILES string of the molecule is CC(=O)N(CCNC(=O)Cc1cccc(C)c1)c1c(F)cccc1F. The number of hydrogen-bond donors (Lipinski definition) is 1. The fourth-order valence-corrected chi connectivity index (χ4v) is 2.55. The molecule has 1 N–H and O–H groups in total. The number of rotatable bonds is 6. The number of para-hydroxylation sites is 1. The van der Waals surface area contributed by atoms with Crippen LogP contribution < -0.4 is 10.2 Å². The summed E-state index contributed by atoms with van der Waals surface area (Å²) < 4.78 is 27.7. The Labute approximate surface area is 145 Å². The fraction of sp³-hybridized carbons (Fsp3) is 0.263. The largest absolute Gasteiger partial charge is 0.354 e. The number of amides is 2. The van der Waals surface area contributed by atoms with Gasteiger partial charge in [0, 0.05) is 20.0 Å². The molecule has 2 rings (SSSR count). The van der Waals surface area contributed by atoms with Crippen LogP contribution in [-0.4, -0.2) is 24.9 Å².